The molecular weight excluding hydrogens is 212 g/mol. The van der Waals surface area contributed by atoms with Gasteiger partial charge in [0.05, 0.1) is 0 Å². The Hall–Kier alpha value is -0.570. The van der Waals surface area contributed by atoms with Gasteiger partial charge in [-0.15, -0.1) is 0 Å². The molecule has 0 aliphatic heterocycles. The van der Waals surface area contributed by atoms with Gasteiger partial charge in [-0.3, -0.25) is 4.79 Å². The lowest BCUT2D eigenvalue weighted by Crippen LogP contribution is -2.46. The van der Waals surface area contributed by atoms with Crippen LogP contribution in [0.5, 0.6) is 0 Å². The van der Waals surface area contributed by atoms with E-state index < -0.39 is 0 Å². The molecule has 3 unspecified atom stereocenters. The van der Waals surface area contributed by atoms with Crippen LogP contribution in [0.4, 0.5) is 0 Å². The van der Waals surface area contributed by atoms with Crippen molar-refractivity contribution < 1.29 is 4.79 Å². The van der Waals surface area contributed by atoms with Crippen molar-refractivity contribution in [1.82, 2.24) is 5.32 Å². The van der Waals surface area contributed by atoms with Gasteiger partial charge in [0.2, 0.25) is 5.91 Å². The number of hydrogen-bond donors (Lipinski definition) is 2. The van der Waals surface area contributed by atoms with Gasteiger partial charge in [0.25, 0.3) is 0 Å². The minimum absolute atomic E-state index is 0.162. The molecule has 2 saturated carbocycles. The first-order valence-electron chi connectivity index (χ1n) is 7.05. The first kappa shape index (κ1) is 12.9. The summed E-state index contributed by atoms with van der Waals surface area (Å²) in [6.07, 6.45) is 7.68. The molecule has 98 valence electrons. The monoisotopic (exact) mass is 238 g/mol. The Kier molecular flexibility index (Phi) is 3.76. The molecule has 3 heteroatoms. The number of hydrogen-bond acceptors (Lipinski definition) is 2. The first-order chi connectivity index (χ1) is 7.99. The molecular formula is C14H26N2O. The lowest BCUT2D eigenvalue weighted by Gasteiger charge is -2.31. The van der Waals surface area contributed by atoms with Gasteiger partial charge >= 0.3 is 0 Å². The second-order valence-corrected chi connectivity index (χ2v) is 6.57. The van der Waals surface area contributed by atoms with Crippen molar-refractivity contribution in [2.45, 2.75) is 70.9 Å². The van der Waals surface area contributed by atoms with Crippen LogP contribution in [0.2, 0.25) is 0 Å². The molecule has 2 aliphatic carbocycles. The van der Waals surface area contributed by atoms with Crippen LogP contribution in [-0.2, 0) is 4.79 Å². The van der Waals surface area contributed by atoms with E-state index in [0.717, 1.165) is 32.1 Å². The number of nitrogens with one attached hydrogen (secondary N) is 1. The normalized spacial score (nSPS) is 36.8. The van der Waals surface area contributed by atoms with E-state index in [9.17, 15) is 4.79 Å². The first-order valence-corrected chi connectivity index (χ1v) is 7.05. The molecule has 0 saturated heterocycles. The second kappa shape index (κ2) is 4.97. The molecule has 0 aromatic carbocycles. The summed E-state index contributed by atoms with van der Waals surface area (Å²) in [5, 5.41) is 3.26. The van der Waals surface area contributed by atoms with Crippen molar-refractivity contribution in [3.8, 4) is 0 Å². The minimum Gasteiger partial charge on any atom is -0.353 e. The van der Waals surface area contributed by atoms with E-state index in [-0.39, 0.29) is 23.3 Å². The SMILES string of the molecule is CC1(C)CCCC1NC(=O)C1CCCC(N)C1. The summed E-state index contributed by atoms with van der Waals surface area (Å²) in [6.45, 7) is 4.52. The summed E-state index contributed by atoms with van der Waals surface area (Å²) >= 11 is 0. The maximum atomic E-state index is 12.2. The van der Waals surface area contributed by atoms with Gasteiger partial charge in [0.1, 0.15) is 0 Å². The largest absolute Gasteiger partial charge is 0.353 e. The summed E-state index contributed by atoms with van der Waals surface area (Å²) in [5.41, 5.74) is 6.21. The molecule has 3 atom stereocenters. The Bertz CT molecular complexity index is 288. The zero-order valence-corrected chi connectivity index (χ0v) is 11.2. The van der Waals surface area contributed by atoms with Gasteiger partial charge < -0.3 is 11.1 Å². The number of rotatable bonds is 2. The number of amides is 1. The highest BCUT2D eigenvalue weighted by molar-refractivity contribution is 5.79. The van der Waals surface area contributed by atoms with Crippen LogP contribution in [-0.4, -0.2) is 18.0 Å². The van der Waals surface area contributed by atoms with Crippen molar-refractivity contribution >= 4 is 5.91 Å². The van der Waals surface area contributed by atoms with E-state index in [0.29, 0.717) is 6.04 Å². The molecule has 2 aliphatic rings. The summed E-state index contributed by atoms with van der Waals surface area (Å²) in [4.78, 5) is 12.2. The Labute approximate surface area is 105 Å². The van der Waals surface area contributed by atoms with Crippen molar-refractivity contribution in [1.29, 1.82) is 0 Å². The Balaban J connectivity index is 1.88. The van der Waals surface area contributed by atoms with Crippen molar-refractivity contribution in [3.05, 3.63) is 0 Å². The molecule has 0 aromatic heterocycles. The molecule has 1 amide bonds. The fourth-order valence-corrected chi connectivity index (χ4v) is 3.35. The van der Waals surface area contributed by atoms with Gasteiger partial charge in [0.15, 0.2) is 0 Å². The number of nitrogens with two attached hydrogens (primary N) is 1. The summed E-state index contributed by atoms with van der Waals surface area (Å²) in [6, 6.07) is 0.601. The number of carbonyl (C=O) groups excluding carboxylic acids is 1. The third-order valence-corrected chi connectivity index (χ3v) is 4.66. The quantitative estimate of drug-likeness (QED) is 0.775. The highest BCUT2D eigenvalue weighted by atomic mass is 16.1. The predicted molar refractivity (Wildman–Crippen MR) is 69.5 cm³/mol. The van der Waals surface area contributed by atoms with Crippen LogP contribution >= 0.6 is 0 Å². The molecule has 3 nitrogen and oxygen atoms in total. The highest BCUT2D eigenvalue weighted by Crippen LogP contribution is 2.37. The Morgan fingerprint density at radius 3 is 2.59 bits per heavy atom. The van der Waals surface area contributed by atoms with Crippen LogP contribution in [0.25, 0.3) is 0 Å². The lowest BCUT2D eigenvalue weighted by molar-refractivity contribution is -0.127. The van der Waals surface area contributed by atoms with E-state index in [1.165, 1.54) is 12.8 Å². The van der Waals surface area contributed by atoms with E-state index >= 15 is 0 Å². The second-order valence-electron chi connectivity index (χ2n) is 6.57. The van der Waals surface area contributed by atoms with Crippen molar-refractivity contribution in [3.63, 3.8) is 0 Å². The average molecular weight is 238 g/mol. The van der Waals surface area contributed by atoms with Crippen LogP contribution in [0.3, 0.4) is 0 Å². The third kappa shape index (κ3) is 3.01. The van der Waals surface area contributed by atoms with E-state index in [4.69, 9.17) is 5.73 Å². The van der Waals surface area contributed by atoms with Gasteiger partial charge in [-0.2, -0.15) is 0 Å². The zero-order chi connectivity index (χ0) is 12.5. The van der Waals surface area contributed by atoms with Gasteiger partial charge in [-0.05, 0) is 37.5 Å². The standard InChI is InChI=1S/C14H26N2O/c1-14(2)8-4-7-12(14)16-13(17)10-5-3-6-11(15)9-10/h10-12H,3-9,15H2,1-2H3,(H,16,17). The summed E-state index contributed by atoms with van der Waals surface area (Å²) in [5.74, 6) is 0.412. The topological polar surface area (TPSA) is 55.1 Å². The maximum Gasteiger partial charge on any atom is 0.223 e. The average Bonchev–Trinajstić information content (AvgIpc) is 2.58. The Morgan fingerprint density at radius 2 is 2.00 bits per heavy atom. The molecule has 0 aromatic rings. The van der Waals surface area contributed by atoms with E-state index in [2.05, 4.69) is 19.2 Å². The molecule has 0 spiro atoms. The highest BCUT2D eigenvalue weighted by Gasteiger charge is 2.37. The third-order valence-electron chi connectivity index (χ3n) is 4.66. The molecule has 3 N–H and O–H groups in total. The molecule has 17 heavy (non-hydrogen) atoms. The van der Waals surface area contributed by atoms with Crippen molar-refractivity contribution in [2.75, 3.05) is 0 Å². The van der Waals surface area contributed by atoms with Crippen LogP contribution in [0.1, 0.15) is 58.8 Å². The zero-order valence-electron chi connectivity index (χ0n) is 11.2. The predicted octanol–water partition coefficient (Wildman–Crippen LogP) is 2.20. The summed E-state index contributed by atoms with van der Waals surface area (Å²) in [7, 11) is 0. The fraction of sp³-hybridized carbons (Fsp3) is 0.929. The van der Waals surface area contributed by atoms with Gasteiger partial charge in [-0.25, -0.2) is 0 Å². The molecule has 2 fully saturated rings. The Morgan fingerprint density at radius 1 is 1.24 bits per heavy atom. The van der Waals surface area contributed by atoms with E-state index in [1.54, 1.807) is 0 Å². The molecule has 0 radical (unpaired) electrons. The van der Waals surface area contributed by atoms with Gasteiger partial charge in [0, 0.05) is 18.0 Å². The van der Waals surface area contributed by atoms with Crippen LogP contribution < -0.4 is 11.1 Å². The smallest absolute Gasteiger partial charge is 0.223 e. The summed E-state index contributed by atoms with van der Waals surface area (Å²) < 4.78 is 0. The van der Waals surface area contributed by atoms with E-state index in [1.807, 2.05) is 0 Å². The molecule has 0 heterocycles. The molecule has 0 bridgehead atoms. The van der Waals surface area contributed by atoms with Crippen LogP contribution in [0, 0.1) is 11.3 Å². The molecule has 2 rings (SSSR count). The maximum absolute atomic E-state index is 12.2. The van der Waals surface area contributed by atoms with Gasteiger partial charge in [-0.1, -0.05) is 26.7 Å². The number of carbonyl (C=O) groups is 1. The minimum atomic E-state index is 0.162. The van der Waals surface area contributed by atoms with Crippen LogP contribution in [0.15, 0.2) is 0 Å². The van der Waals surface area contributed by atoms with Crippen molar-refractivity contribution in [2.24, 2.45) is 17.1 Å². The lowest BCUT2D eigenvalue weighted by atomic mass is 9.84. The fourth-order valence-electron chi connectivity index (χ4n) is 3.35.